The van der Waals surface area contributed by atoms with Crippen molar-refractivity contribution in [1.82, 2.24) is 4.57 Å². The van der Waals surface area contributed by atoms with Crippen molar-refractivity contribution in [2.24, 2.45) is 0 Å². The second kappa shape index (κ2) is 7.52. The number of nitrogens with zero attached hydrogens (tertiary/aromatic N) is 2. The first kappa shape index (κ1) is 19.1. The topological polar surface area (TPSA) is 44.3 Å². The van der Waals surface area contributed by atoms with Crippen molar-refractivity contribution < 1.29 is 18.8 Å². The zero-order chi connectivity index (χ0) is 21.7. The Morgan fingerprint density at radius 3 is 2.66 bits per heavy atom. The number of benzene rings is 3. The number of aromatic nitrogens is 2. The zero-order valence-corrected chi connectivity index (χ0v) is 18.1. The summed E-state index contributed by atoms with van der Waals surface area (Å²) >= 11 is 0. The lowest BCUT2D eigenvalue weighted by atomic mass is 9.99. The molecule has 0 fully saturated rings. The van der Waals surface area contributed by atoms with Gasteiger partial charge in [0.15, 0.2) is 17.6 Å². The van der Waals surface area contributed by atoms with E-state index in [0.29, 0.717) is 13.1 Å². The Hall–Kier alpha value is -3.60. The van der Waals surface area contributed by atoms with Gasteiger partial charge in [-0.3, -0.25) is 4.79 Å². The molecule has 2 aliphatic rings. The van der Waals surface area contributed by atoms with Gasteiger partial charge < -0.3 is 9.47 Å². The van der Waals surface area contributed by atoms with E-state index in [4.69, 9.17) is 9.47 Å². The maximum Gasteiger partial charge on any atom is 0.254 e. The number of fused-ring (bicyclic) bond motifs is 3. The quantitative estimate of drug-likeness (QED) is 0.358. The molecular formula is C27H25N2O3+. The molecule has 1 aromatic heterocycles. The third kappa shape index (κ3) is 3.00. The van der Waals surface area contributed by atoms with E-state index in [1.165, 1.54) is 16.7 Å². The van der Waals surface area contributed by atoms with Gasteiger partial charge in [0.1, 0.15) is 18.0 Å². The van der Waals surface area contributed by atoms with Crippen molar-refractivity contribution in [1.29, 1.82) is 0 Å². The number of carbonyl (C=O) groups is 1. The number of carbonyl (C=O) groups excluding carboxylic acids is 1. The molecule has 32 heavy (non-hydrogen) atoms. The summed E-state index contributed by atoms with van der Waals surface area (Å²) in [7, 11) is 0. The molecule has 0 amide bonds. The zero-order valence-electron chi connectivity index (χ0n) is 18.1. The number of rotatable bonds is 5. The predicted molar refractivity (Wildman–Crippen MR) is 122 cm³/mol. The van der Waals surface area contributed by atoms with Gasteiger partial charge in [0.05, 0.1) is 13.2 Å². The first-order valence-corrected chi connectivity index (χ1v) is 11.2. The van der Waals surface area contributed by atoms with Crippen LogP contribution in [0.2, 0.25) is 0 Å². The molecule has 2 aliphatic heterocycles. The molecule has 0 spiro atoms. The maximum atomic E-state index is 13.0. The monoisotopic (exact) mass is 425 g/mol. The van der Waals surface area contributed by atoms with E-state index in [2.05, 4.69) is 40.3 Å². The summed E-state index contributed by atoms with van der Waals surface area (Å²) in [5.74, 6) is 3.20. The van der Waals surface area contributed by atoms with Crippen LogP contribution in [-0.4, -0.2) is 23.6 Å². The van der Waals surface area contributed by atoms with Crippen LogP contribution in [0.1, 0.15) is 32.9 Å². The second-order valence-electron chi connectivity index (χ2n) is 8.51. The normalized spacial score (nSPS) is 14.2. The minimum absolute atomic E-state index is 0.111. The number of ketones is 1. The van der Waals surface area contributed by atoms with Crippen LogP contribution in [-0.2, 0) is 25.9 Å². The summed E-state index contributed by atoms with van der Waals surface area (Å²) in [6.07, 6.45) is 1.84. The first-order chi connectivity index (χ1) is 15.7. The van der Waals surface area contributed by atoms with E-state index in [9.17, 15) is 4.79 Å². The molecule has 0 saturated heterocycles. The van der Waals surface area contributed by atoms with Gasteiger partial charge in [-0.05, 0) is 18.2 Å². The van der Waals surface area contributed by atoms with Crippen LogP contribution in [0.4, 0.5) is 0 Å². The van der Waals surface area contributed by atoms with Crippen LogP contribution in [0.15, 0.2) is 60.7 Å². The van der Waals surface area contributed by atoms with Crippen molar-refractivity contribution in [3.8, 4) is 11.5 Å². The molecule has 0 bridgehead atoms. The van der Waals surface area contributed by atoms with Crippen LogP contribution in [0.5, 0.6) is 11.5 Å². The summed E-state index contributed by atoms with van der Waals surface area (Å²) in [4.78, 5) is 13.0. The molecule has 6 rings (SSSR count). The number of hydrogen-bond acceptors (Lipinski definition) is 3. The third-order valence-electron chi connectivity index (χ3n) is 6.72. The molecule has 0 saturated carbocycles. The van der Waals surface area contributed by atoms with Crippen LogP contribution in [0, 0.1) is 6.92 Å². The highest BCUT2D eigenvalue weighted by atomic mass is 16.5. The smallest absolute Gasteiger partial charge is 0.254 e. The highest BCUT2D eigenvalue weighted by Crippen LogP contribution is 2.40. The molecule has 0 unspecified atom stereocenters. The molecule has 5 nitrogen and oxygen atoms in total. The minimum Gasteiger partial charge on any atom is -0.493 e. The van der Waals surface area contributed by atoms with Crippen molar-refractivity contribution in [2.75, 3.05) is 13.2 Å². The minimum atomic E-state index is 0.111. The fraction of sp³-hybridized carbons (Fsp3) is 0.259. The maximum absolute atomic E-state index is 13.0. The van der Waals surface area contributed by atoms with Gasteiger partial charge in [-0.1, -0.05) is 42.5 Å². The summed E-state index contributed by atoms with van der Waals surface area (Å²) in [5.41, 5.74) is 6.64. The summed E-state index contributed by atoms with van der Waals surface area (Å²) in [6.45, 7) is 4.56. The summed E-state index contributed by atoms with van der Waals surface area (Å²) in [5, 5.41) is 0. The van der Waals surface area contributed by atoms with E-state index in [1.807, 2.05) is 36.4 Å². The van der Waals surface area contributed by atoms with Crippen molar-refractivity contribution >= 4 is 16.8 Å². The number of Topliss-reactive ketones (excluding diaryl/α,β-unsaturated/α-hetero) is 1. The lowest BCUT2D eigenvalue weighted by molar-refractivity contribution is -0.669. The lowest BCUT2D eigenvalue weighted by Gasteiger charge is -2.12. The Morgan fingerprint density at radius 2 is 1.78 bits per heavy atom. The Labute approximate surface area is 186 Å². The number of para-hydroxylation sites is 2. The van der Waals surface area contributed by atoms with Gasteiger partial charge in [-0.2, -0.15) is 0 Å². The third-order valence-corrected chi connectivity index (χ3v) is 6.72. The number of hydrogen-bond donors (Lipinski definition) is 0. The molecule has 5 heteroatoms. The van der Waals surface area contributed by atoms with Gasteiger partial charge in [-0.15, -0.1) is 0 Å². The molecule has 3 aromatic carbocycles. The molecule has 0 aliphatic carbocycles. The average molecular weight is 426 g/mol. The summed E-state index contributed by atoms with van der Waals surface area (Å²) < 4.78 is 16.4. The van der Waals surface area contributed by atoms with E-state index < -0.39 is 0 Å². The average Bonchev–Trinajstić information content (AvgIpc) is 3.54. The van der Waals surface area contributed by atoms with Gasteiger partial charge in [0, 0.05) is 42.0 Å². The van der Waals surface area contributed by atoms with Gasteiger partial charge in [-0.25, -0.2) is 9.13 Å². The first-order valence-electron chi connectivity index (χ1n) is 11.2. The SMILES string of the molecule is Cc1n(CC(=O)c2ccccc2)c2ccccc2[n+]1Cc1c2c(cc3c1OCC3)OCC2. The Bertz CT molecular complexity index is 1320. The summed E-state index contributed by atoms with van der Waals surface area (Å²) in [6, 6.07) is 20.0. The molecule has 4 aromatic rings. The van der Waals surface area contributed by atoms with Crippen LogP contribution in [0.3, 0.4) is 0 Å². The van der Waals surface area contributed by atoms with Crippen LogP contribution in [0.25, 0.3) is 11.0 Å². The lowest BCUT2D eigenvalue weighted by Crippen LogP contribution is -2.38. The predicted octanol–water partition coefficient (Wildman–Crippen LogP) is 4.04. The van der Waals surface area contributed by atoms with Crippen molar-refractivity contribution in [3.05, 3.63) is 88.7 Å². The number of ether oxygens (including phenoxy) is 2. The molecule has 0 radical (unpaired) electrons. The van der Waals surface area contributed by atoms with E-state index in [0.717, 1.165) is 60.0 Å². The fourth-order valence-corrected chi connectivity index (χ4v) is 5.08. The molecule has 0 N–H and O–H groups in total. The number of imidazole rings is 1. The highest BCUT2D eigenvalue weighted by molar-refractivity contribution is 5.96. The largest absolute Gasteiger partial charge is 0.493 e. The second-order valence-corrected chi connectivity index (χ2v) is 8.51. The van der Waals surface area contributed by atoms with Crippen LogP contribution < -0.4 is 14.0 Å². The van der Waals surface area contributed by atoms with E-state index in [-0.39, 0.29) is 5.78 Å². The Morgan fingerprint density at radius 1 is 1.00 bits per heavy atom. The van der Waals surface area contributed by atoms with Crippen molar-refractivity contribution in [2.45, 2.75) is 32.9 Å². The van der Waals surface area contributed by atoms with E-state index in [1.54, 1.807) is 0 Å². The molecule has 3 heterocycles. The van der Waals surface area contributed by atoms with E-state index >= 15 is 0 Å². The molecular weight excluding hydrogens is 400 g/mol. The molecule has 160 valence electrons. The Kier molecular flexibility index (Phi) is 4.49. The fourth-order valence-electron chi connectivity index (χ4n) is 5.08. The standard InChI is InChI=1S/C27H25N2O3/c1-18-28(16-22-21-12-14-31-26(21)15-20-11-13-32-27(20)22)23-9-5-6-10-24(23)29(18)17-25(30)19-7-3-2-4-8-19/h2-10,15H,11-14,16-17H2,1H3/q+1. The highest BCUT2D eigenvalue weighted by Gasteiger charge is 2.30. The Balaban J connectivity index is 1.45. The molecule has 0 atom stereocenters. The van der Waals surface area contributed by atoms with Gasteiger partial charge in [0.2, 0.25) is 5.78 Å². The van der Waals surface area contributed by atoms with Gasteiger partial charge >= 0.3 is 0 Å². The van der Waals surface area contributed by atoms with Crippen LogP contribution >= 0.6 is 0 Å². The van der Waals surface area contributed by atoms with Gasteiger partial charge in [0.25, 0.3) is 5.82 Å². The van der Waals surface area contributed by atoms with Crippen molar-refractivity contribution in [3.63, 3.8) is 0 Å².